The number of nitrogens with zero attached hydrogens (tertiary/aromatic N) is 1. The van der Waals surface area contributed by atoms with Gasteiger partial charge in [0.1, 0.15) is 0 Å². The molecule has 0 radical (unpaired) electrons. The molecule has 18 heteroatoms. The minimum atomic E-state index is -8.60. The molecule has 0 bridgehead atoms. The second kappa shape index (κ2) is 8.02. The van der Waals surface area contributed by atoms with Gasteiger partial charge in [-0.05, 0) is 0 Å². The second-order valence-corrected chi connectivity index (χ2v) is 6.51. The summed E-state index contributed by atoms with van der Waals surface area (Å²) >= 11 is 0. The Balaban J connectivity index is 3.46. The van der Waals surface area contributed by atoms with Gasteiger partial charge in [0, 0.05) is 12.1 Å². The molecule has 1 rings (SSSR count). The van der Waals surface area contributed by atoms with Crippen LogP contribution in [0.2, 0.25) is 0 Å². The van der Waals surface area contributed by atoms with E-state index < -0.39 is 60.6 Å². The zero-order valence-electron chi connectivity index (χ0n) is 15.2. The molecule has 1 heterocycles. The van der Waals surface area contributed by atoms with Crippen molar-refractivity contribution < 1.29 is 79.2 Å². The number of hydrogen-bond donors (Lipinski definition) is 0. The number of aromatic nitrogens is 1. The van der Waals surface area contributed by atoms with E-state index >= 15 is 0 Å². The van der Waals surface area contributed by atoms with E-state index in [9.17, 15) is 74.6 Å². The van der Waals surface area contributed by atoms with Crippen LogP contribution in [-0.2, 0) is 6.54 Å². The largest absolute Gasteiger partial charge is 0.460 e. The van der Waals surface area contributed by atoms with E-state index in [1.165, 1.54) is 6.07 Å². The summed E-state index contributed by atoms with van der Waals surface area (Å²) in [6, 6.07) is 3.42. The molecule has 192 valence electrons. The maximum Gasteiger partial charge on any atom is 0.460 e. The molecule has 0 N–H and O–H groups in total. The molecule has 0 unspecified atom stereocenters. The first kappa shape index (κ1) is 29.0. The van der Waals surface area contributed by atoms with Crippen LogP contribution in [0.15, 0.2) is 30.6 Å². The van der Waals surface area contributed by atoms with E-state index in [0.717, 1.165) is 24.5 Å². The number of alkyl halides is 17. The Hall–Kier alpha value is -2.04. The summed E-state index contributed by atoms with van der Waals surface area (Å²) in [5, 5.41) is 0. The maximum absolute atomic E-state index is 13.7. The molecule has 1 nitrogen and oxygen atoms in total. The van der Waals surface area contributed by atoms with Crippen molar-refractivity contribution in [1.29, 1.82) is 0 Å². The van der Waals surface area contributed by atoms with E-state index in [1.54, 1.807) is 0 Å². The van der Waals surface area contributed by atoms with Crippen molar-refractivity contribution in [3.63, 3.8) is 0 Å². The Labute approximate surface area is 171 Å². The number of aryl methyl sites for hydroxylation is 1. The van der Waals surface area contributed by atoms with Crippen LogP contribution in [0.3, 0.4) is 0 Å². The molecule has 0 fully saturated rings. The van der Waals surface area contributed by atoms with Gasteiger partial charge >= 0.3 is 47.6 Å². The summed E-state index contributed by atoms with van der Waals surface area (Å²) in [6.45, 7) is -1.36. The van der Waals surface area contributed by atoms with E-state index in [-0.39, 0.29) is 0 Å². The second-order valence-electron chi connectivity index (χ2n) is 6.51. The number of pyridine rings is 1. The molecule has 0 aromatic carbocycles. The van der Waals surface area contributed by atoms with Gasteiger partial charge in [0.15, 0.2) is 18.9 Å². The van der Waals surface area contributed by atoms with Crippen LogP contribution in [0.1, 0.15) is 6.42 Å². The fourth-order valence-electron chi connectivity index (χ4n) is 2.21. The fourth-order valence-corrected chi connectivity index (χ4v) is 2.21. The molecule has 0 saturated carbocycles. The monoisotopic (exact) mass is 526 g/mol. The Bertz CT molecular complexity index is 811. The lowest BCUT2D eigenvalue weighted by atomic mass is 9.88. The highest BCUT2D eigenvalue weighted by Gasteiger charge is 2.95. The first-order chi connectivity index (χ1) is 14.3. The SMILES string of the molecule is FC(F)(F)C(F)(F)C(F)(F)C(F)(F)C(F)(F)C(F)(F)C(F)(F)C(F)(F)CC[n+]1ccccc1. The summed E-state index contributed by atoms with van der Waals surface area (Å²) in [5.74, 6) is -56.0. The third kappa shape index (κ3) is 4.17. The highest BCUT2D eigenvalue weighted by Crippen LogP contribution is 2.64. The molecule has 0 aliphatic rings. The van der Waals surface area contributed by atoms with Crippen LogP contribution < -0.4 is 4.57 Å². The first-order valence-corrected chi connectivity index (χ1v) is 7.98. The number of hydrogen-bond acceptors (Lipinski definition) is 0. The van der Waals surface area contributed by atoms with Gasteiger partial charge in [-0.15, -0.1) is 0 Å². The minimum Gasteiger partial charge on any atom is -0.205 e. The Kier molecular flexibility index (Phi) is 7.05. The molecular weight excluding hydrogens is 517 g/mol. The standard InChI is InChI=1S/C15H9F17N/c16-8(17,4-7-33-5-2-1-3-6-33)9(18,19)10(20,21)11(22,23)12(24,25)13(26,27)14(28,29)15(30,31)32/h1-3,5-6H,4,7H2/q+1. The first-order valence-electron chi connectivity index (χ1n) is 7.98. The van der Waals surface area contributed by atoms with Crippen LogP contribution >= 0.6 is 0 Å². The Morgan fingerprint density at radius 1 is 0.424 bits per heavy atom. The van der Waals surface area contributed by atoms with E-state index in [0.29, 0.717) is 4.57 Å². The van der Waals surface area contributed by atoms with Crippen molar-refractivity contribution in [3.05, 3.63) is 30.6 Å². The van der Waals surface area contributed by atoms with Crippen LogP contribution in [0, 0.1) is 0 Å². The van der Waals surface area contributed by atoms with Crippen molar-refractivity contribution in [3.8, 4) is 0 Å². The van der Waals surface area contributed by atoms with Gasteiger partial charge in [-0.25, -0.2) is 4.57 Å². The van der Waals surface area contributed by atoms with Gasteiger partial charge in [0.25, 0.3) is 0 Å². The van der Waals surface area contributed by atoms with Crippen LogP contribution in [0.25, 0.3) is 0 Å². The van der Waals surface area contributed by atoms with Gasteiger partial charge in [-0.1, -0.05) is 6.07 Å². The average molecular weight is 526 g/mol. The normalized spacial score (nSPS) is 15.7. The van der Waals surface area contributed by atoms with Crippen molar-refractivity contribution in [2.45, 2.75) is 60.6 Å². The van der Waals surface area contributed by atoms with E-state index in [1.807, 2.05) is 0 Å². The molecule has 0 aliphatic carbocycles. The summed E-state index contributed by atoms with van der Waals surface area (Å²) in [6.07, 6.45) is -8.52. The molecule has 0 spiro atoms. The maximum atomic E-state index is 13.7. The quantitative estimate of drug-likeness (QED) is 0.260. The zero-order valence-corrected chi connectivity index (χ0v) is 15.2. The van der Waals surface area contributed by atoms with Crippen molar-refractivity contribution in [2.24, 2.45) is 0 Å². The predicted molar refractivity (Wildman–Crippen MR) is 71.9 cm³/mol. The van der Waals surface area contributed by atoms with Crippen LogP contribution in [0.4, 0.5) is 74.6 Å². The lowest BCUT2D eigenvalue weighted by Gasteiger charge is -2.42. The van der Waals surface area contributed by atoms with E-state index in [4.69, 9.17) is 0 Å². The third-order valence-electron chi connectivity index (χ3n) is 4.25. The fraction of sp³-hybridized carbons (Fsp3) is 0.667. The van der Waals surface area contributed by atoms with Crippen molar-refractivity contribution >= 4 is 0 Å². The van der Waals surface area contributed by atoms with Crippen molar-refractivity contribution in [1.82, 2.24) is 0 Å². The number of rotatable bonds is 9. The molecule has 1 aromatic heterocycles. The van der Waals surface area contributed by atoms with Crippen LogP contribution in [-0.4, -0.2) is 47.6 Å². The van der Waals surface area contributed by atoms with Gasteiger partial charge in [-0.2, -0.15) is 74.6 Å². The van der Waals surface area contributed by atoms with Crippen LogP contribution in [0.5, 0.6) is 0 Å². The van der Waals surface area contributed by atoms with Gasteiger partial charge < -0.3 is 0 Å². The highest BCUT2D eigenvalue weighted by molar-refractivity contribution is 5.15. The molecule has 0 saturated heterocycles. The number of halogens is 17. The topological polar surface area (TPSA) is 3.88 Å². The predicted octanol–water partition coefficient (Wildman–Crippen LogP) is 6.37. The Morgan fingerprint density at radius 2 is 0.758 bits per heavy atom. The Morgan fingerprint density at radius 3 is 1.12 bits per heavy atom. The molecule has 0 atom stereocenters. The summed E-state index contributed by atoms with van der Waals surface area (Å²) in [5.41, 5.74) is 0. The lowest BCUT2D eigenvalue weighted by molar-refractivity contribution is -0.700. The summed E-state index contributed by atoms with van der Waals surface area (Å²) < 4.78 is 223. The third-order valence-corrected chi connectivity index (χ3v) is 4.25. The lowest BCUT2D eigenvalue weighted by Crippen LogP contribution is -2.74. The van der Waals surface area contributed by atoms with E-state index in [2.05, 4.69) is 0 Å². The highest BCUT2D eigenvalue weighted by atomic mass is 19.4. The zero-order chi connectivity index (χ0) is 26.5. The van der Waals surface area contributed by atoms with Crippen molar-refractivity contribution in [2.75, 3.05) is 0 Å². The molecular formula is C15H9F17N+. The smallest absolute Gasteiger partial charge is 0.205 e. The molecule has 33 heavy (non-hydrogen) atoms. The summed E-state index contributed by atoms with van der Waals surface area (Å²) in [7, 11) is 0. The van der Waals surface area contributed by atoms with Gasteiger partial charge in [0.05, 0.1) is 6.42 Å². The average Bonchev–Trinajstić information content (AvgIpc) is 2.65. The molecule has 0 amide bonds. The van der Waals surface area contributed by atoms with Gasteiger partial charge in [-0.3, -0.25) is 0 Å². The molecule has 1 aromatic rings. The molecule has 0 aliphatic heterocycles. The van der Waals surface area contributed by atoms with Gasteiger partial charge in [0.2, 0.25) is 0 Å². The minimum absolute atomic E-state index is 0.590. The summed E-state index contributed by atoms with van der Waals surface area (Å²) in [4.78, 5) is 0.